The van der Waals surface area contributed by atoms with Gasteiger partial charge in [-0.25, -0.2) is 18.1 Å². The van der Waals surface area contributed by atoms with E-state index in [0.29, 0.717) is 17.3 Å². The van der Waals surface area contributed by atoms with Gasteiger partial charge in [-0.1, -0.05) is 0 Å². The molecule has 0 saturated carbocycles. The third-order valence-corrected chi connectivity index (χ3v) is 7.93. The number of nitrogens with one attached hydrogen (secondary N) is 1. The molecule has 10 heteroatoms. The number of aromatic nitrogens is 2. The lowest BCUT2D eigenvalue weighted by Crippen LogP contribution is -2.37. The molecule has 0 unspecified atom stereocenters. The summed E-state index contributed by atoms with van der Waals surface area (Å²) in [5.74, 6) is 0.0103. The van der Waals surface area contributed by atoms with Crippen LogP contribution in [-0.4, -0.2) is 61.1 Å². The van der Waals surface area contributed by atoms with Crippen LogP contribution in [0.3, 0.4) is 0 Å². The van der Waals surface area contributed by atoms with Crippen molar-refractivity contribution in [2.45, 2.75) is 56.6 Å². The number of piperidine rings is 1. The number of aryl methyl sites for hydroxylation is 1. The van der Waals surface area contributed by atoms with E-state index in [2.05, 4.69) is 9.71 Å². The summed E-state index contributed by atoms with van der Waals surface area (Å²) in [6.45, 7) is 4.46. The summed E-state index contributed by atoms with van der Waals surface area (Å²) in [6.07, 6.45) is 6.46. The quantitative estimate of drug-likeness (QED) is 0.696. The first-order valence-electron chi connectivity index (χ1n) is 10.4. The van der Waals surface area contributed by atoms with Crippen LogP contribution in [0, 0.1) is 6.92 Å². The van der Waals surface area contributed by atoms with Crippen molar-refractivity contribution in [2.75, 3.05) is 26.2 Å². The van der Waals surface area contributed by atoms with Crippen molar-refractivity contribution in [2.24, 2.45) is 0 Å². The van der Waals surface area contributed by atoms with Gasteiger partial charge in [-0.15, -0.1) is 11.3 Å². The van der Waals surface area contributed by atoms with E-state index in [9.17, 15) is 13.2 Å². The number of sulfonamides is 1. The van der Waals surface area contributed by atoms with Crippen LogP contribution in [0.2, 0.25) is 0 Å². The van der Waals surface area contributed by atoms with Gasteiger partial charge in [0.1, 0.15) is 16.4 Å². The fourth-order valence-electron chi connectivity index (χ4n) is 3.89. The van der Waals surface area contributed by atoms with Crippen LogP contribution in [0.5, 0.6) is 0 Å². The molecule has 0 aliphatic carbocycles. The van der Waals surface area contributed by atoms with E-state index >= 15 is 0 Å². The van der Waals surface area contributed by atoms with Gasteiger partial charge in [0, 0.05) is 43.5 Å². The van der Waals surface area contributed by atoms with Crippen molar-refractivity contribution in [1.29, 1.82) is 0 Å². The van der Waals surface area contributed by atoms with Gasteiger partial charge in [-0.05, 0) is 45.1 Å². The van der Waals surface area contributed by atoms with E-state index in [1.54, 1.807) is 16.8 Å². The fourth-order valence-corrected chi connectivity index (χ4v) is 5.83. The number of carbonyl (C=O) groups excluding carboxylic acids is 1. The molecule has 0 bridgehead atoms. The second-order valence-corrected chi connectivity index (χ2v) is 10.5. The molecule has 2 aromatic rings. The Balaban J connectivity index is 1.57. The summed E-state index contributed by atoms with van der Waals surface area (Å²) in [5, 5.41) is 2.63. The first kappa shape index (κ1) is 21.5. The number of ether oxygens (including phenoxy) is 1. The van der Waals surface area contributed by atoms with Crippen LogP contribution in [-0.2, 0) is 26.1 Å². The maximum Gasteiger partial charge on any atom is 0.242 e. The highest BCUT2D eigenvalue weighted by atomic mass is 32.2. The molecule has 4 heterocycles. The molecule has 2 aliphatic rings. The van der Waals surface area contributed by atoms with Crippen molar-refractivity contribution in [3.8, 4) is 10.7 Å². The van der Waals surface area contributed by atoms with Crippen molar-refractivity contribution in [3.05, 3.63) is 23.3 Å². The molecular weight excluding hydrogens is 424 g/mol. The molecule has 2 aliphatic heterocycles. The van der Waals surface area contributed by atoms with Gasteiger partial charge in [0.2, 0.25) is 15.9 Å². The van der Waals surface area contributed by atoms with E-state index in [0.717, 1.165) is 50.9 Å². The highest BCUT2D eigenvalue weighted by Gasteiger charge is 2.25. The zero-order valence-corrected chi connectivity index (χ0v) is 18.8. The number of likely N-dealkylation sites (tertiary alicyclic amines) is 1. The molecule has 4 rings (SSSR count). The molecule has 1 atom stereocenters. The Kier molecular flexibility index (Phi) is 6.57. The molecule has 164 valence electrons. The normalized spacial score (nSPS) is 20.0. The Morgan fingerprint density at radius 1 is 1.30 bits per heavy atom. The average molecular weight is 453 g/mol. The minimum absolute atomic E-state index is 0.0103. The molecule has 1 amide bonds. The molecule has 0 aromatic carbocycles. The maximum absolute atomic E-state index is 12.9. The highest BCUT2D eigenvalue weighted by Crippen LogP contribution is 2.28. The van der Waals surface area contributed by atoms with Crippen LogP contribution in [0.4, 0.5) is 0 Å². The summed E-state index contributed by atoms with van der Waals surface area (Å²) < 4.78 is 35.7. The Hall–Kier alpha value is -1.75. The van der Waals surface area contributed by atoms with Crippen LogP contribution in [0.15, 0.2) is 22.5 Å². The van der Waals surface area contributed by atoms with Crippen molar-refractivity contribution < 1.29 is 17.9 Å². The first-order valence-corrected chi connectivity index (χ1v) is 12.8. The minimum atomic E-state index is -3.71. The molecular formula is C20H28N4O4S2. The summed E-state index contributed by atoms with van der Waals surface area (Å²) in [6, 6.07) is 1.61. The number of carbonyl (C=O) groups is 1. The van der Waals surface area contributed by atoms with Crippen molar-refractivity contribution >= 4 is 27.3 Å². The number of hydrogen-bond acceptors (Lipinski definition) is 6. The lowest BCUT2D eigenvalue weighted by atomic mass is 10.1. The van der Waals surface area contributed by atoms with E-state index in [1.165, 1.54) is 11.3 Å². The van der Waals surface area contributed by atoms with Gasteiger partial charge in [0.15, 0.2) is 0 Å². The Morgan fingerprint density at radius 3 is 2.77 bits per heavy atom. The molecule has 0 spiro atoms. The predicted octanol–water partition coefficient (Wildman–Crippen LogP) is 2.39. The van der Waals surface area contributed by atoms with Gasteiger partial charge in [0.05, 0.1) is 11.8 Å². The van der Waals surface area contributed by atoms with Crippen LogP contribution >= 0.6 is 11.3 Å². The predicted molar refractivity (Wildman–Crippen MR) is 115 cm³/mol. The summed E-state index contributed by atoms with van der Waals surface area (Å²) >= 11 is 1.45. The van der Waals surface area contributed by atoms with Crippen molar-refractivity contribution in [1.82, 2.24) is 19.2 Å². The monoisotopic (exact) mass is 452 g/mol. The van der Waals surface area contributed by atoms with Gasteiger partial charge >= 0.3 is 0 Å². The van der Waals surface area contributed by atoms with Crippen LogP contribution in [0.1, 0.15) is 37.8 Å². The SMILES string of the molecule is Cc1csc(-c2cc(S(=O)(=O)NC[C@H]3CCCO3)cn2CC(=O)N2CCCCC2)n1. The second-order valence-electron chi connectivity index (χ2n) is 7.91. The topological polar surface area (TPSA) is 93.5 Å². The van der Waals surface area contributed by atoms with E-state index < -0.39 is 10.0 Å². The van der Waals surface area contributed by atoms with Gasteiger partial charge < -0.3 is 14.2 Å². The summed E-state index contributed by atoms with van der Waals surface area (Å²) in [5.41, 5.74) is 1.52. The first-order chi connectivity index (χ1) is 14.4. The van der Waals surface area contributed by atoms with E-state index in [1.807, 2.05) is 17.2 Å². The number of nitrogens with zero attached hydrogens (tertiary/aromatic N) is 3. The summed E-state index contributed by atoms with van der Waals surface area (Å²) in [4.78, 5) is 19.3. The zero-order chi connectivity index (χ0) is 21.1. The fraction of sp³-hybridized carbons (Fsp3) is 0.600. The molecule has 8 nitrogen and oxygen atoms in total. The molecule has 2 fully saturated rings. The summed E-state index contributed by atoms with van der Waals surface area (Å²) in [7, 11) is -3.71. The molecule has 1 N–H and O–H groups in total. The Labute approximate surface area is 181 Å². The number of amides is 1. The average Bonchev–Trinajstić information content (AvgIpc) is 3.48. The Bertz CT molecular complexity index is 986. The molecule has 2 aromatic heterocycles. The number of rotatable bonds is 7. The standard InChI is InChI=1S/C20H28N4O4S2/c1-15-14-29-20(22-15)18-10-17(30(26,27)21-11-16-6-5-9-28-16)12-24(18)13-19(25)23-7-3-2-4-8-23/h10,12,14,16,21H,2-9,11,13H2,1H3/t16-/m1/s1. The van der Waals surface area contributed by atoms with E-state index in [-0.39, 0.29) is 30.0 Å². The minimum Gasteiger partial charge on any atom is -0.377 e. The molecule has 0 radical (unpaired) electrons. The molecule has 30 heavy (non-hydrogen) atoms. The number of hydrogen-bond donors (Lipinski definition) is 1. The second kappa shape index (κ2) is 9.17. The lowest BCUT2D eigenvalue weighted by Gasteiger charge is -2.27. The smallest absolute Gasteiger partial charge is 0.242 e. The van der Waals surface area contributed by atoms with Crippen LogP contribution in [0.25, 0.3) is 10.7 Å². The van der Waals surface area contributed by atoms with Crippen LogP contribution < -0.4 is 4.72 Å². The van der Waals surface area contributed by atoms with Crippen molar-refractivity contribution in [3.63, 3.8) is 0 Å². The van der Waals surface area contributed by atoms with E-state index in [4.69, 9.17) is 4.74 Å². The third-order valence-electron chi connectivity index (χ3n) is 5.56. The zero-order valence-electron chi connectivity index (χ0n) is 17.2. The molecule has 2 saturated heterocycles. The Morgan fingerprint density at radius 2 is 2.10 bits per heavy atom. The highest BCUT2D eigenvalue weighted by molar-refractivity contribution is 7.89. The van der Waals surface area contributed by atoms with Gasteiger partial charge in [-0.3, -0.25) is 4.79 Å². The third kappa shape index (κ3) is 4.93. The van der Waals surface area contributed by atoms with Gasteiger partial charge in [0.25, 0.3) is 0 Å². The van der Waals surface area contributed by atoms with Gasteiger partial charge in [-0.2, -0.15) is 0 Å². The maximum atomic E-state index is 12.9. The number of thiazole rings is 1. The largest absolute Gasteiger partial charge is 0.377 e. The lowest BCUT2D eigenvalue weighted by molar-refractivity contribution is -0.132.